The fourth-order valence-electron chi connectivity index (χ4n) is 2.19. The number of benzene rings is 1. The van der Waals surface area contributed by atoms with E-state index < -0.39 is 0 Å². The topological polar surface area (TPSA) is 68.1 Å². The molecule has 0 saturated carbocycles. The molecule has 2 rings (SSSR count). The van der Waals surface area contributed by atoms with Crippen LogP contribution in [-0.4, -0.2) is 16.5 Å². The van der Waals surface area contributed by atoms with Crippen LogP contribution in [0.4, 0.5) is 5.69 Å². The summed E-state index contributed by atoms with van der Waals surface area (Å²) in [5, 5.41) is 14.4. The molecule has 1 unspecified atom stereocenters. The monoisotopic (exact) mass is 271 g/mol. The Bertz CT molecular complexity index is 572. The summed E-state index contributed by atoms with van der Waals surface area (Å²) in [5.41, 5.74) is 1.69. The van der Waals surface area contributed by atoms with Crippen LogP contribution in [0.25, 0.3) is 0 Å². The van der Waals surface area contributed by atoms with Gasteiger partial charge in [0.1, 0.15) is 5.69 Å². The average Bonchev–Trinajstić information content (AvgIpc) is 2.48. The van der Waals surface area contributed by atoms with E-state index in [1.54, 1.807) is 12.3 Å². The van der Waals surface area contributed by atoms with Crippen LogP contribution in [0.3, 0.4) is 0 Å². The number of aromatic nitrogens is 1. The number of hydrogen-bond acceptors (Lipinski definition) is 4. The molecular weight excluding hydrogens is 254 g/mol. The van der Waals surface area contributed by atoms with Crippen molar-refractivity contribution in [1.82, 2.24) is 10.3 Å². The number of hydrogen-bond donors (Lipinski definition) is 1. The number of nitrogens with one attached hydrogen (secondary N) is 1. The summed E-state index contributed by atoms with van der Waals surface area (Å²) >= 11 is 0. The van der Waals surface area contributed by atoms with Crippen molar-refractivity contribution in [3.63, 3.8) is 0 Å². The molecule has 2 aromatic rings. The summed E-state index contributed by atoms with van der Waals surface area (Å²) in [6.45, 7) is 2.81. The van der Waals surface area contributed by atoms with E-state index in [-0.39, 0.29) is 16.7 Å². The molecule has 104 valence electrons. The lowest BCUT2D eigenvalue weighted by atomic mass is 10.0. The third-order valence-corrected chi connectivity index (χ3v) is 3.11. The highest BCUT2D eigenvalue weighted by molar-refractivity contribution is 5.36. The third-order valence-electron chi connectivity index (χ3n) is 3.11. The minimum Gasteiger partial charge on any atom is -0.310 e. The van der Waals surface area contributed by atoms with Crippen LogP contribution < -0.4 is 5.32 Å². The van der Waals surface area contributed by atoms with E-state index in [2.05, 4.69) is 10.3 Å². The molecular formula is C15H17N3O2. The lowest BCUT2D eigenvalue weighted by Gasteiger charge is -2.17. The van der Waals surface area contributed by atoms with Crippen LogP contribution in [0.1, 0.15) is 24.2 Å². The Hall–Kier alpha value is -2.27. The van der Waals surface area contributed by atoms with E-state index in [9.17, 15) is 10.1 Å². The Morgan fingerprint density at radius 1 is 1.25 bits per heavy atom. The van der Waals surface area contributed by atoms with Gasteiger partial charge in [0, 0.05) is 24.7 Å². The molecule has 0 saturated heterocycles. The first-order valence-corrected chi connectivity index (χ1v) is 6.59. The molecule has 1 N–H and O–H groups in total. The van der Waals surface area contributed by atoms with Gasteiger partial charge in [-0.25, -0.2) is 0 Å². The first-order valence-electron chi connectivity index (χ1n) is 6.59. The number of rotatable bonds is 6. The highest BCUT2D eigenvalue weighted by Gasteiger charge is 2.19. The third kappa shape index (κ3) is 3.39. The van der Waals surface area contributed by atoms with Gasteiger partial charge in [-0.2, -0.15) is 0 Å². The van der Waals surface area contributed by atoms with E-state index in [1.165, 1.54) is 6.07 Å². The van der Waals surface area contributed by atoms with Crippen LogP contribution in [-0.2, 0) is 6.42 Å². The first kappa shape index (κ1) is 14.1. The molecule has 0 spiro atoms. The standard InChI is InChI=1S/C15H17N3O2/c1-2-16-13(12-7-4-3-5-8-12)11-14-15(18(19)20)9-6-10-17-14/h3-10,13,16H,2,11H2,1H3. The second kappa shape index (κ2) is 6.77. The van der Waals surface area contributed by atoms with E-state index >= 15 is 0 Å². The van der Waals surface area contributed by atoms with Gasteiger partial charge in [-0.1, -0.05) is 37.3 Å². The SMILES string of the molecule is CCNC(Cc1ncccc1[N+](=O)[O-])c1ccccc1. The highest BCUT2D eigenvalue weighted by atomic mass is 16.6. The number of likely N-dealkylation sites (N-methyl/N-ethyl adjacent to an activating group) is 1. The molecule has 0 aliphatic rings. The van der Waals surface area contributed by atoms with Gasteiger partial charge < -0.3 is 5.32 Å². The Kier molecular flexibility index (Phi) is 4.79. The highest BCUT2D eigenvalue weighted by Crippen LogP contribution is 2.23. The molecule has 0 bridgehead atoms. The predicted molar refractivity (Wildman–Crippen MR) is 77.5 cm³/mol. The Labute approximate surface area is 117 Å². The summed E-state index contributed by atoms with van der Waals surface area (Å²) < 4.78 is 0. The summed E-state index contributed by atoms with van der Waals surface area (Å²) in [7, 11) is 0. The van der Waals surface area contributed by atoms with Gasteiger partial charge in [0.2, 0.25) is 0 Å². The van der Waals surface area contributed by atoms with Crippen molar-refractivity contribution in [3.8, 4) is 0 Å². The van der Waals surface area contributed by atoms with Crippen LogP contribution in [0, 0.1) is 10.1 Å². The molecule has 0 aliphatic carbocycles. The maximum Gasteiger partial charge on any atom is 0.290 e. The second-order valence-corrected chi connectivity index (χ2v) is 4.45. The summed E-state index contributed by atoms with van der Waals surface area (Å²) in [4.78, 5) is 14.8. The van der Waals surface area contributed by atoms with Crippen molar-refractivity contribution >= 4 is 5.69 Å². The van der Waals surface area contributed by atoms with Gasteiger partial charge in [0.25, 0.3) is 5.69 Å². The molecule has 20 heavy (non-hydrogen) atoms. The number of nitro groups is 1. The summed E-state index contributed by atoms with van der Waals surface area (Å²) in [6, 6.07) is 13.0. The fraction of sp³-hybridized carbons (Fsp3) is 0.267. The average molecular weight is 271 g/mol. The van der Waals surface area contributed by atoms with Crippen molar-refractivity contribution in [2.24, 2.45) is 0 Å². The number of nitrogens with zero attached hydrogens (tertiary/aromatic N) is 2. The molecule has 1 aromatic heterocycles. The van der Waals surface area contributed by atoms with E-state index in [0.29, 0.717) is 12.1 Å². The normalized spacial score (nSPS) is 12.1. The van der Waals surface area contributed by atoms with Crippen LogP contribution >= 0.6 is 0 Å². The quantitative estimate of drug-likeness (QED) is 0.648. The van der Waals surface area contributed by atoms with Gasteiger partial charge in [0.15, 0.2) is 0 Å². The molecule has 1 aromatic carbocycles. The lowest BCUT2D eigenvalue weighted by Crippen LogP contribution is -2.23. The molecule has 0 amide bonds. The van der Waals surface area contributed by atoms with Gasteiger partial charge in [-0.05, 0) is 18.2 Å². The molecule has 0 aliphatic heterocycles. The fourth-order valence-corrected chi connectivity index (χ4v) is 2.19. The lowest BCUT2D eigenvalue weighted by molar-refractivity contribution is -0.386. The minimum atomic E-state index is -0.379. The van der Waals surface area contributed by atoms with Crippen molar-refractivity contribution in [2.45, 2.75) is 19.4 Å². The Morgan fingerprint density at radius 2 is 2.00 bits per heavy atom. The van der Waals surface area contributed by atoms with Crippen molar-refractivity contribution in [3.05, 3.63) is 70.0 Å². The van der Waals surface area contributed by atoms with Crippen LogP contribution in [0.5, 0.6) is 0 Å². The summed E-state index contributed by atoms with van der Waals surface area (Å²) in [5.74, 6) is 0. The summed E-state index contributed by atoms with van der Waals surface area (Å²) in [6.07, 6.45) is 2.09. The Balaban J connectivity index is 2.27. The molecule has 1 heterocycles. The van der Waals surface area contributed by atoms with Crippen LogP contribution in [0.2, 0.25) is 0 Å². The minimum absolute atomic E-state index is 0.0230. The van der Waals surface area contributed by atoms with Gasteiger partial charge in [-0.15, -0.1) is 0 Å². The second-order valence-electron chi connectivity index (χ2n) is 4.45. The predicted octanol–water partition coefficient (Wildman–Crippen LogP) is 2.88. The van der Waals surface area contributed by atoms with Gasteiger partial charge >= 0.3 is 0 Å². The maximum atomic E-state index is 11.0. The van der Waals surface area contributed by atoms with E-state index in [1.807, 2.05) is 37.3 Å². The van der Waals surface area contributed by atoms with Crippen molar-refractivity contribution in [1.29, 1.82) is 0 Å². The van der Waals surface area contributed by atoms with Crippen molar-refractivity contribution < 1.29 is 4.92 Å². The van der Waals surface area contributed by atoms with E-state index in [0.717, 1.165) is 12.1 Å². The van der Waals surface area contributed by atoms with Gasteiger partial charge in [-0.3, -0.25) is 15.1 Å². The van der Waals surface area contributed by atoms with Gasteiger partial charge in [0.05, 0.1) is 4.92 Å². The molecule has 5 nitrogen and oxygen atoms in total. The maximum absolute atomic E-state index is 11.0. The largest absolute Gasteiger partial charge is 0.310 e. The van der Waals surface area contributed by atoms with Crippen LogP contribution in [0.15, 0.2) is 48.7 Å². The van der Waals surface area contributed by atoms with E-state index in [4.69, 9.17) is 0 Å². The molecule has 0 fully saturated rings. The zero-order valence-corrected chi connectivity index (χ0v) is 11.3. The molecule has 5 heteroatoms. The number of pyridine rings is 1. The van der Waals surface area contributed by atoms with Crippen molar-refractivity contribution in [2.75, 3.05) is 6.54 Å². The Morgan fingerprint density at radius 3 is 2.65 bits per heavy atom. The first-order chi connectivity index (χ1) is 9.72. The smallest absolute Gasteiger partial charge is 0.290 e. The molecule has 1 atom stereocenters. The zero-order valence-electron chi connectivity index (χ0n) is 11.3. The zero-order chi connectivity index (χ0) is 14.4. The molecule has 0 radical (unpaired) electrons.